The summed E-state index contributed by atoms with van der Waals surface area (Å²) in [5.74, 6) is -1.67. The van der Waals surface area contributed by atoms with E-state index in [2.05, 4.69) is 10.6 Å². The van der Waals surface area contributed by atoms with Crippen molar-refractivity contribution in [3.63, 3.8) is 0 Å². The smallest absolute Gasteiger partial charge is 0.312 e. The van der Waals surface area contributed by atoms with Crippen LogP contribution in [0.4, 0.5) is 0 Å². The molecule has 18 heavy (non-hydrogen) atoms. The van der Waals surface area contributed by atoms with Gasteiger partial charge in [-0.15, -0.1) is 0 Å². The predicted molar refractivity (Wildman–Crippen MR) is 68.4 cm³/mol. The van der Waals surface area contributed by atoms with Gasteiger partial charge in [-0.2, -0.15) is 0 Å². The van der Waals surface area contributed by atoms with E-state index in [0.29, 0.717) is 6.54 Å². The van der Waals surface area contributed by atoms with E-state index in [0.717, 1.165) is 5.56 Å². The van der Waals surface area contributed by atoms with Gasteiger partial charge in [0.2, 0.25) is 5.91 Å². The normalized spacial score (nSPS) is 11.8. The number of carboxylic acid groups (broad SMARTS) is 1. The summed E-state index contributed by atoms with van der Waals surface area (Å²) >= 11 is 0. The molecule has 0 aliphatic heterocycles. The lowest BCUT2D eigenvalue weighted by atomic mass is 9.99. The first-order valence-corrected chi connectivity index (χ1v) is 5.90. The van der Waals surface area contributed by atoms with Gasteiger partial charge in [-0.1, -0.05) is 30.3 Å². The number of benzene rings is 1. The molecule has 1 unspecified atom stereocenters. The Morgan fingerprint density at radius 1 is 1.28 bits per heavy atom. The van der Waals surface area contributed by atoms with Gasteiger partial charge in [0.25, 0.3) is 0 Å². The van der Waals surface area contributed by atoms with Crippen molar-refractivity contribution in [3.8, 4) is 0 Å². The number of nitrogens with one attached hydrogen (secondary N) is 2. The minimum Gasteiger partial charge on any atom is -0.481 e. The SMILES string of the molecule is CCNC(=O)CNCC(C(=O)O)c1ccccc1. The Bertz CT molecular complexity index is 392. The second kappa shape index (κ2) is 7.45. The van der Waals surface area contributed by atoms with E-state index in [4.69, 9.17) is 5.11 Å². The van der Waals surface area contributed by atoms with Gasteiger partial charge in [0, 0.05) is 13.1 Å². The van der Waals surface area contributed by atoms with Crippen LogP contribution in [-0.2, 0) is 9.59 Å². The van der Waals surface area contributed by atoms with E-state index in [9.17, 15) is 9.59 Å². The highest BCUT2D eigenvalue weighted by atomic mass is 16.4. The summed E-state index contributed by atoms with van der Waals surface area (Å²) in [5, 5.41) is 14.7. The number of carboxylic acids is 1. The van der Waals surface area contributed by atoms with Crippen molar-refractivity contribution in [2.45, 2.75) is 12.8 Å². The van der Waals surface area contributed by atoms with Gasteiger partial charge in [-0.3, -0.25) is 9.59 Å². The summed E-state index contributed by atoms with van der Waals surface area (Å²) in [6, 6.07) is 8.98. The molecule has 0 saturated heterocycles. The number of rotatable bonds is 7. The molecule has 1 aromatic rings. The lowest BCUT2D eigenvalue weighted by molar-refractivity contribution is -0.138. The zero-order chi connectivity index (χ0) is 13.4. The fourth-order valence-corrected chi connectivity index (χ4v) is 1.62. The second-order valence-electron chi connectivity index (χ2n) is 3.89. The molecule has 5 heteroatoms. The number of amides is 1. The maximum absolute atomic E-state index is 11.2. The van der Waals surface area contributed by atoms with Gasteiger partial charge in [-0.05, 0) is 12.5 Å². The molecule has 98 valence electrons. The first-order valence-electron chi connectivity index (χ1n) is 5.90. The molecular formula is C13H18N2O3. The topological polar surface area (TPSA) is 78.4 Å². The Balaban J connectivity index is 2.50. The molecule has 0 radical (unpaired) electrons. The number of hydrogen-bond acceptors (Lipinski definition) is 3. The quantitative estimate of drug-likeness (QED) is 0.661. The highest BCUT2D eigenvalue weighted by molar-refractivity contribution is 5.78. The molecule has 1 rings (SSSR count). The fourth-order valence-electron chi connectivity index (χ4n) is 1.62. The minimum atomic E-state index is -0.899. The van der Waals surface area contributed by atoms with Gasteiger partial charge in [-0.25, -0.2) is 0 Å². The second-order valence-corrected chi connectivity index (χ2v) is 3.89. The van der Waals surface area contributed by atoms with Crippen molar-refractivity contribution in [2.75, 3.05) is 19.6 Å². The van der Waals surface area contributed by atoms with E-state index in [1.54, 1.807) is 24.3 Å². The molecule has 1 aromatic carbocycles. The van der Waals surface area contributed by atoms with Gasteiger partial charge in [0.05, 0.1) is 12.5 Å². The van der Waals surface area contributed by atoms with Crippen molar-refractivity contribution < 1.29 is 14.7 Å². The Morgan fingerprint density at radius 2 is 1.94 bits per heavy atom. The van der Waals surface area contributed by atoms with Gasteiger partial charge >= 0.3 is 5.97 Å². The van der Waals surface area contributed by atoms with E-state index >= 15 is 0 Å². The summed E-state index contributed by atoms with van der Waals surface area (Å²) in [6.45, 7) is 2.77. The first kappa shape index (κ1) is 14.2. The maximum Gasteiger partial charge on any atom is 0.312 e. The molecule has 0 aliphatic carbocycles. The largest absolute Gasteiger partial charge is 0.481 e. The summed E-state index contributed by atoms with van der Waals surface area (Å²) < 4.78 is 0. The summed E-state index contributed by atoms with van der Waals surface area (Å²) in [6.07, 6.45) is 0. The van der Waals surface area contributed by atoms with Crippen LogP contribution in [0.25, 0.3) is 0 Å². The number of aliphatic carboxylic acids is 1. The molecular weight excluding hydrogens is 232 g/mol. The average Bonchev–Trinajstić information content (AvgIpc) is 2.35. The van der Waals surface area contributed by atoms with Crippen molar-refractivity contribution in [2.24, 2.45) is 0 Å². The van der Waals surface area contributed by atoms with Crippen molar-refractivity contribution in [1.29, 1.82) is 0 Å². The lowest BCUT2D eigenvalue weighted by Gasteiger charge is -2.13. The summed E-state index contributed by atoms with van der Waals surface area (Å²) in [5.41, 5.74) is 0.730. The van der Waals surface area contributed by atoms with Crippen LogP contribution < -0.4 is 10.6 Å². The molecule has 0 fully saturated rings. The molecule has 0 heterocycles. The molecule has 1 atom stereocenters. The van der Waals surface area contributed by atoms with Crippen molar-refractivity contribution in [1.82, 2.24) is 10.6 Å². The molecule has 0 saturated carbocycles. The molecule has 0 aromatic heterocycles. The summed E-state index contributed by atoms with van der Waals surface area (Å²) in [4.78, 5) is 22.4. The van der Waals surface area contributed by atoms with Crippen LogP contribution in [0.1, 0.15) is 18.4 Å². The number of likely N-dealkylation sites (N-methyl/N-ethyl adjacent to an activating group) is 1. The number of hydrogen-bond donors (Lipinski definition) is 3. The third-order valence-electron chi connectivity index (χ3n) is 2.51. The van der Waals surface area contributed by atoms with Crippen LogP contribution in [0.5, 0.6) is 0 Å². The molecule has 0 bridgehead atoms. The summed E-state index contributed by atoms with van der Waals surface area (Å²) in [7, 11) is 0. The minimum absolute atomic E-state index is 0.129. The van der Waals surface area contributed by atoms with E-state index in [1.165, 1.54) is 0 Å². The van der Waals surface area contributed by atoms with Gasteiger partial charge < -0.3 is 15.7 Å². The number of carbonyl (C=O) groups is 2. The molecule has 1 amide bonds. The molecule has 0 spiro atoms. The standard InChI is InChI=1S/C13H18N2O3/c1-2-15-12(16)9-14-8-11(13(17)18)10-6-4-3-5-7-10/h3-7,11,14H,2,8-9H2,1H3,(H,15,16)(H,17,18). The van der Waals surface area contributed by atoms with Gasteiger partial charge in [0.1, 0.15) is 0 Å². The Morgan fingerprint density at radius 3 is 2.50 bits per heavy atom. The van der Waals surface area contributed by atoms with E-state index in [-0.39, 0.29) is 19.0 Å². The first-order chi connectivity index (χ1) is 8.65. The van der Waals surface area contributed by atoms with Crippen LogP contribution in [0.15, 0.2) is 30.3 Å². The van der Waals surface area contributed by atoms with Crippen LogP contribution in [0.2, 0.25) is 0 Å². The van der Waals surface area contributed by atoms with E-state index < -0.39 is 11.9 Å². The zero-order valence-corrected chi connectivity index (χ0v) is 10.3. The Labute approximate surface area is 106 Å². The van der Waals surface area contributed by atoms with Crippen LogP contribution >= 0.6 is 0 Å². The highest BCUT2D eigenvalue weighted by Gasteiger charge is 2.19. The van der Waals surface area contributed by atoms with Crippen LogP contribution in [0.3, 0.4) is 0 Å². The maximum atomic E-state index is 11.2. The molecule has 3 N–H and O–H groups in total. The van der Waals surface area contributed by atoms with Crippen molar-refractivity contribution in [3.05, 3.63) is 35.9 Å². The fraction of sp³-hybridized carbons (Fsp3) is 0.385. The predicted octanol–water partition coefficient (Wildman–Crippen LogP) is 0.581. The van der Waals surface area contributed by atoms with E-state index in [1.807, 2.05) is 13.0 Å². The monoisotopic (exact) mass is 250 g/mol. The highest BCUT2D eigenvalue weighted by Crippen LogP contribution is 2.14. The molecule has 5 nitrogen and oxygen atoms in total. The zero-order valence-electron chi connectivity index (χ0n) is 10.3. The Hall–Kier alpha value is -1.88. The van der Waals surface area contributed by atoms with Gasteiger partial charge in [0.15, 0.2) is 0 Å². The van der Waals surface area contributed by atoms with Crippen molar-refractivity contribution >= 4 is 11.9 Å². The van der Waals surface area contributed by atoms with Crippen LogP contribution in [-0.4, -0.2) is 36.6 Å². The average molecular weight is 250 g/mol. The third kappa shape index (κ3) is 4.55. The third-order valence-corrected chi connectivity index (χ3v) is 2.51. The lowest BCUT2D eigenvalue weighted by Crippen LogP contribution is -2.36. The van der Waals surface area contributed by atoms with Crippen LogP contribution in [0, 0.1) is 0 Å². The Kier molecular flexibility index (Phi) is 5.87. The number of carbonyl (C=O) groups excluding carboxylic acids is 1. The molecule has 0 aliphatic rings.